The Hall–Kier alpha value is -3.42. The van der Waals surface area contributed by atoms with Gasteiger partial charge < -0.3 is 19.0 Å². The van der Waals surface area contributed by atoms with Gasteiger partial charge in [-0.1, -0.05) is 49.4 Å². The molecule has 0 saturated carbocycles. The van der Waals surface area contributed by atoms with Crippen LogP contribution < -0.4 is 0 Å². The lowest BCUT2D eigenvalue weighted by atomic mass is 10.1. The number of nitrogens with zero attached hydrogens (tertiary/aromatic N) is 3. The van der Waals surface area contributed by atoms with Crippen LogP contribution in [0.15, 0.2) is 77.4 Å². The molecule has 196 valence electrons. The smallest absolute Gasteiger partial charge is 0.254 e. The summed E-state index contributed by atoms with van der Waals surface area (Å²) >= 11 is 0. The molecular formula is C30H37N3O4. The monoisotopic (exact) mass is 503 g/mol. The van der Waals surface area contributed by atoms with E-state index in [1.807, 2.05) is 66.7 Å². The highest BCUT2D eigenvalue weighted by Crippen LogP contribution is 2.14. The Bertz CT molecular complexity index is 1090. The molecule has 1 aliphatic heterocycles. The topological polar surface area (TPSA) is 66.2 Å². The van der Waals surface area contributed by atoms with Gasteiger partial charge in [-0.25, -0.2) is 0 Å². The van der Waals surface area contributed by atoms with Gasteiger partial charge in [-0.15, -0.1) is 0 Å². The maximum atomic E-state index is 13.6. The van der Waals surface area contributed by atoms with Crippen LogP contribution in [0, 0.1) is 0 Å². The van der Waals surface area contributed by atoms with E-state index < -0.39 is 0 Å². The molecule has 2 heterocycles. The fourth-order valence-corrected chi connectivity index (χ4v) is 4.52. The highest BCUT2D eigenvalue weighted by Gasteiger charge is 2.24. The number of benzene rings is 2. The van der Waals surface area contributed by atoms with Crippen molar-refractivity contribution in [2.24, 2.45) is 0 Å². The third-order valence-electron chi connectivity index (χ3n) is 6.72. The lowest BCUT2D eigenvalue weighted by Crippen LogP contribution is -2.44. The van der Waals surface area contributed by atoms with Gasteiger partial charge in [0.15, 0.2) is 0 Å². The summed E-state index contributed by atoms with van der Waals surface area (Å²) in [5.74, 6) is 0.491. The van der Waals surface area contributed by atoms with Gasteiger partial charge in [0, 0.05) is 38.3 Å². The first kappa shape index (κ1) is 26.6. The first-order valence-electron chi connectivity index (χ1n) is 13.1. The van der Waals surface area contributed by atoms with Crippen molar-refractivity contribution in [3.8, 4) is 0 Å². The third-order valence-corrected chi connectivity index (χ3v) is 6.72. The molecule has 2 amide bonds. The van der Waals surface area contributed by atoms with Gasteiger partial charge >= 0.3 is 0 Å². The van der Waals surface area contributed by atoms with Crippen molar-refractivity contribution < 1.29 is 18.7 Å². The predicted molar refractivity (Wildman–Crippen MR) is 143 cm³/mol. The number of aryl methyl sites for hydroxylation is 1. The Morgan fingerprint density at radius 2 is 1.62 bits per heavy atom. The van der Waals surface area contributed by atoms with Gasteiger partial charge in [0.25, 0.3) is 5.91 Å². The Balaban J connectivity index is 1.48. The average molecular weight is 504 g/mol. The van der Waals surface area contributed by atoms with Crippen molar-refractivity contribution in [2.45, 2.75) is 32.9 Å². The van der Waals surface area contributed by atoms with Crippen molar-refractivity contribution in [3.05, 3.63) is 95.4 Å². The van der Waals surface area contributed by atoms with E-state index in [1.165, 1.54) is 5.56 Å². The standard InChI is InChI=1S/C30H37N3O4/c1-2-25-11-13-27(14-12-25)30(35)32(16-7-15-31-17-20-36-21-18-31)24-29(34)33(23-28-10-6-19-37-28)22-26-8-4-3-5-9-26/h3-6,8-14,19H,2,7,15-18,20-24H2,1H3. The van der Waals surface area contributed by atoms with E-state index in [1.54, 1.807) is 16.1 Å². The van der Waals surface area contributed by atoms with Crippen LogP contribution in [0.3, 0.4) is 0 Å². The number of morpholine rings is 1. The van der Waals surface area contributed by atoms with Crippen molar-refractivity contribution >= 4 is 11.8 Å². The Kier molecular flexibility index (Phi) is 9.91. The molecule has 0 spiro atoms. The molecule has 1 aromatic heterocycles. The number of hydrogen-bond acceptors (Lipinski definition) is 5. The molecule has 37 heavy (non-hydrogen) atoms. The molecule has 0 N–H and O–H groups in total. The van der Waals surface area contributed by atoms with Crippen molar-refractivity contribution in [2.75, 3.05) is 45.9 Å². The summed E-state index contributed by atoms with van der Waals surface area (Å²) in [7, 11) is 0. The van der Waals surface area contributed by atoms with Crippen LogP contribution in [-0.2, 0) is 29.0 Å². The summed E-state index contributed by atoms with van der Waals surface area (Å²) in [5, 5.41) is 0. The molecule has 1 fully saturated rings. The van der Waals surface area contributed by atoms with E-state index >= 15 is 0 Å². The number of hydrogen-bond donors (Lipinski definition) is 0. The molecule has 4 rings (SSSR count). The summed E-state index contributed by atoms with van der Waals surface area (Å²) in [6.45, 7) is 7.58. The first-order chi connectivity index (χ1) is 18.1. The number of carbonyl (C=O) groups is 2. The van der Waals surface area contributed by atoms with Crippen LogP contribution in [0.4, 0.5) is 0 Å². The molecule has 7 heteroatoms. The molecule has 0 bridgehead atoms. The SMILES string of the molecule is CCc1ccc(C(=O)N(CCCN2CCOCC2)CC(=O)N(Cc2ccccc2)Cc2ccco2)cc1. The minimum atomic E-state index is -0.115. The zero-order valence-corrected chi connectivity index (χ0v) is 21.7. The van der Waals surface area contributed by atoms with Gasteiger partial charge in [0.2, 0.25) is 5.91 Å². The number of ether oxygens (including phenoxy) is 1. The fraction of sp³-hybridized carbons (Fsp3) is 0.400. The van der Waals surface area contributed by atoms with Crippen LogP contribution in [0.1, 0.15) is 40.6 Å². The minimum absolute atomic E-state index is 0.0189. The van der Waals surface area contributed by atoms with Crippen LogP contribution in [-0.4, -0.2) is 72.5 Å². The summed E-state index contributed by atoms with van der Waals surface area (Å²) < 4.78 is 11.0. The Morgan fingerprint density at radius 1 is 0.865 bits per heavy atom. The highest BCUT2D eigenvalue weighted by atomic mass is 16.5. The van der Waals surface area contributed by atoms with Crippen LogP contribution in [0.2, 0.25) is 0 Å². The summed E-state index contributed by atoms with van der Waals surface area (Å²) in [6.07, 6.45) is 3.32. The second kappa shape index (κ2) is 13.8. The number of amides is 2. The second-order valence-corrected chi connectivity index (χ2v) is 9.40. The normalized spacial score (nSPS) is 13.9. The van der Waals surface area contributed by atoms with Gasteiger partial charge in [-0.3, -0.25) is 14.5 Å². The number of rotatable bonds is 12. The van der Waals surface area contributed by atoms with Crippen molar-refractivity contribution in [1.29, 1.82) is 0 Å². The molecule has 2 aromatic carbocycles. The summed E-state index contributed by atoms with van der Waals surface area (Å²) in [6, 6.07) is 21.3. The molecular weight excluding hydrogens is 466 g/mol. The summed E-state index contributed by atoms with van der Waals surface area (Å²) in [5.41, 5.74) is 2.82. The lowest BCUT2D eigenvalue weighted by molar-refractivity contribution is -0.133. The highest BCUT2D eigenvalue weighted by molar-refractivity contribution is 5.96. The van der Waals surface area contributed by atoms with E-state index in [9.17, 15) is 9.59 Å². The predicted octanol–water partition coefficient (Wildman–Crippen LogP) is 4.24. The zero-order chi connectivity index (χ0) is 25.9. The van der Waals surface area contributed by atoms with Gasteiger partial charge in [0.05, 0.1) is 26.0 Å². The molecule has 0 atom stereocenters. The van der Waals surface area contributed by atoms with Gasteiger partial charge in [-0.05, 0) is 48.2 Å². The molecule has 1 aliphatic rings. The van der Waals surface area contributed by atoms with E-state index in [-0.39, 0.29) is 18.4 Å². The number of furan rings is 1. The number of carbonyl (C=O) groups excluding carboxylic acids is 2. The largest absolute Gasteiger partial charge is 0.467 e. The third kappa shape index (κ3) is 8.03. The minimum Gasteiger partial charge on any atom is -0.467 e. The molecule has 0 aliphatic carbocycles. The summed E-state index contributed by atoms with van der Waals surface area (Å²) in [4.78, 5) is 33.0. The lowest BCUT2D eigenvalue weighted by Gasteiger charge is -2.30. The van der Waals surface area contributed by atoms with Crippen molar-refractivity contribution in [1.82, 2.24) is 14.7 Å². The van der Waals surface area contributed by atoms with Gasteiger partial charge in [-0.2, -0.15) is 0 Å². The van der Waals surface area contributed by atoms with Crippen LogP contribution in [0.25, 0.3) is 0 Å². The average Bonchev–Trinajstić information content (AvgIpc) is 3.46. The molecule has 7 nitrogen and oxygen atoms in total. The molecule has 0 radical (unpaired) electrons. The molecule has 1 saturated heterocycles. The Labute approximate surface area is 219 Å². The van der Waals surface area contributed by atoms with Gasteiger partial charge in [0.1, 0.15) is 12.3 Å². The van der Waals surface area contributed by atoms with Crippen LogP contribution in [0.5, 0.6) is 0 Å². The van der Waals surface area contributed by atoms with E-state index in [2.05, 4.69) is 11.8 Å². The fourth-order valence-electron chi connectivity index (χ4n) is 4.52. The van der Waals surface area contributed by atoms with E-state index in [0.717, 1.165) is 51.3 Å². The molecule has 3 aromatic rings. The molecule has 0 unspecified atom stereocenters. The zero-order valence-electron chi connectivity index (χ0n) is 21.7. The van der Waals surface area contributed by atoms with E-state index in [4.69, 9.17) is 9.15 Å². The van der Waals surface area contributed by atoms with Crippen LogP contribution >= 0.6 is 0 Å². The first-order valence-corrected chi connectivity index (χ1v) is 13.1. The maximum absolute atomic E-state index is 13.6. The quantitative estimate of drug-likeness (QED) is 0.370. The van der Waals surface area contributed by atoms with E-state index in [0.29, 0.717) is 31.0 Å². The maximum Gasteiger partial charge on any atom is 0.254 e. The Morgan fingerprint density at radius 3 is 2.30 bits per heavy atom. The van der Waals surface area contributed by atoms with Crippen molar-refractivity contribution in [3.63, 3.8) is 0 Å². The second-order valence-electron chi connectivity index (χ2n) is 9.40.